The fourth-order valence-electron chi connectivity index (χ4n) is 6.56. The third kappa shape index (κ3) is 6.95. The molecule has 0 bridgehead atoms. The summed E-state index contributed by atoms with van der Waals surface area (Å²) in [6.45, 7) is 3.22. The molecule has 260 valence electrons. The number of anilines is 6. The minimum Gasteiger partial charge on any atom is -0.412 e. The van der Waals surface area contributed by atoms with Crippen molar-refractivity contribution in [3.8, 4) is 0 Å². The van der Waals surface area contributed by atoms with Crippen LogP contribution in [0.2, 0.25) is 0 Å². The van der Waals surface area contributed by atoms with Gasteiger partial charge in [0.25, 0.3) is 23.6 Å². The van der Waals surface area contributed by atoms with Crippen molar-refractivity contribution >= 4 is 57.8 Å². The number of nitrogens with one attached hydrogen (secondary N) is 2. The van der Waals surface area contributed by atoms with E-state index in [1.807, 2.05) is 111 Å². The molecule has 0 aromatic heterocycles. The van der Waals surface area contributed by atoms with Gasteiger partial charge in [0, 0.05) is 37.3 Å². The highest BCUT2D eigenvalue weighted by atomic mass is 16.2. The van der Waals surface area contributed by atoms with E-state index in [-0.39, 0.29) is 29.1 Å². The molecule has 4 N–H and O–H groups in total. The van der Waals surface area contributed by atoms with E-state index in [0.29, 0.717) is 58.1 Å². The van der Waals surface area contributed by atoms with Crippen molar-refractivity contribution in [3.63, 3.8) is 0 Å². The van der Waals surface area contributed by atoms with Crippen molar-refractivity contribution in [2.45, 2.75) is 12.8 Å². The third-order valence-corrected chi connectivity index (χ3v) is 9.35. The van der Waals surface area contributed by atoms with E-state index < -0.39 is 0 Å². The van der Waals surface area contributed by atoms with E-state index >= 15 is 0 Å². The van der Waals surface area contributed by atoms with Crippen LogP contribution in [0.15, 0.2) is 120 Å². The molecule has 4 heterocycles. The van der Waals surface area contributed by atoms with Gasteiger partial charge in [0.2, 0.25) is 0 Å². The summed E-state index contributed by atoms with van der Waals surface area (Å²) in [5.74, 6) is -0.527. The molecule has 11 heteroatoms. The summed E-state index contributed by atoms with van der Waals surface area (Å²) >= 11 is 0. The first-order valence-electron chi connectivity index (χ1n) is 16.7. The van der Waals surface area contributed by atoms with Gasteiger partial charge in [0.05, 0.1) is 45.3 Å². The fourth-order valence-corrected chi connectivity index (χ4v) is 6.56. The number of carbonyl (C=O) groups is 4. The number of carbonyl (C=O) groups excluding carboxylic acids is 4. The highest BCUT2D eigenvalue weighted by Crippen LogP contribution is 2.40. The van der Waals surface area contributed by atoms with E-state index in [9.17, 15) is 19.2 Å². The first-order valence-corrected chi connectivity index (χ1v) is 16.7. The van der Waals surface area contributed by atoms with Gasteiger partial charge < -0.3 is 25.9 Å². The van der Waals surface area contributed by atoms with Crippen LogP contribution in [0.25, 0.3) is 0 Å². The molecule has 0 saturated carbocycles. The first kappa shape index (κ1) is 35.0. The standard InChI is InChI=1S/2C20H19N3O2.H2O/c2*1-22-12-10-14(11-13-22)20(25)23-17-8-4-2-6-15(17)19(24)21-16-7-3-5-9-18(16)23;/h2*2-10H,11-13H2,1H3,(H,21,24);1H2. The number of likely N-dealkylation sites (N-methyl/N-ethyl adjacent to an activating group) is 2. The summed E-state index contributed by atoms with van der Waals surface area (Å²) in [4.78, 5) is 59.5. The number of fused-ring (bicyclic) bond motifs is 4. The van der Waals surface area contributed by atoms with Crippen molar-refractivity contribution in [1.29, 1.82) is 0 Å². The predicted molar refractivity (Wildman–Crippen MR) is 200 cm³/mol. The zero-order valence-corrected chi connectivity index (χ0v) is 28.6. The molecule has 4 amide bonds. The molecule has 8 rings (SSSR count). The molecule has 11 nitrogen and oxygen atoms in total. The number of nitrogens with zero attached hydrogens (tertiary/aromatic N) is 4. The summed E-state index contributed by atoms with van der Waals surface area (Å²) in [5, 5.41) is 5.83. The quantitative estimate of drug-likeness (QED) is 0.285. The Balaban J connectivity index is 0.000000172. The molecule has 51 heavy (non-hydrogen) atoms. The van der Waals surface area contributed by atoms with Crippen LogP contribution in [-0.2, 0) is 9.59 Å². The molecule has 0 radical (unpaired) electrons. The highest BCUT2D eigenvalue weighted by molar-refractivity contribution is 6.22. The Morgan fingerprint density at radius 1 is 0.529 bits per heavy atom. The van der Waals surface area contributed by atoms with Crippen molar-refractivity contribution in [2.24, 2.45) is 0 Å². The third-order valence-electron chi connectivity index (χ3n) is 9.35. The Labute approximate surface area is 296 Å². The molecule has 0 aliphatic carbocycles. The van der Waals surface area contributed by atoms with Crippen molar-refractivity contribution in [3.05, 3.63) is 131 Å². The van der Waals surface area contributed by atoms with E-state index in [4.69, 9.17) is 0 Å². The molecule has 0 unspecified atom stereocenters. The molecule has 4 aliphatic heterocycles. The maximum atomic E-state index is 13.3. The summed E-state index contributed by atoms with van der Waals surface area (Å²) in [6, 6.07) is 29.3. The molecule has 0 saturated heterocycles. The second-order valence-electron chi connectivity index (χ2n) is 12.7. The maximum absolute atomic E-state index is 13.3. The number of hydrogen-bond donors (Lipinski definition) is 2. The van der Waals surface area contributed by atoms with Crippen LogP contribution in [0.1, 0.15) is 33.6 Å². The molecular formula is C40H40N6O5. The summed E-state index contributed by atoms with van der Waals surface area (Å²) in [5.41, 5.74) is 6.51. The number of para-hydroxylation sites is 6. The molecule has 0 fully saturated rings. The number of rotatable bonds is 2. The minimum atomic E-state index is -0.198. The Morgan fingerprint density at radius 3 is 1.25 bits per heavy atom. The van der Waals surface area contributed by atoms with E-state index in [0.717, 1.165) is 37.3 Å². The molecular weight excluding hydrogens is 644 g/mol. The molecule has 4 aromatic carbocycles. The summed E-state index contributed by atoms with van der Waals surface area (Å²) in [6.07, 6.45) is 5.38. The largest absolute Gasteiger partial charge is 0.412 e. The van der Waals surface area contributed by atoms with Gasteiger partial charge in [-0.1, -0.05) is 60.7 Å². The van der Waals surface area contributed by atoms with E-state index in [1.54, 1.807) is 21.9 Å². The summed E-state index contributed by atoms with van der Waals surface area (Å²) in [7, 11) is 4.08. The lowest BCUT2D eigenvalue weighted by atomic mass is 10.0. The predicted octanol–water partition coefficient (Wildman–Crippen LogP) is 5.53. The minimum absolute atomic E-state index is 0. The van der Waals surface area contributed by atoms with Gasteiger partial charge >= 0.3 is 0 Å². The van der Waals surface area contributed by atoms with Crippen molar-refractivity contribution < 1.29 is 24.7 Å². The van der Waals surface area contributed by atoms with Gasteiger partial charge in [-0.2, -0.15) is 0 Å². The average molecular weight is 685 g/mol. The second kappa shape index (κ2) is 14.9. The monoisotopic (exact) mass is 684 g/mol. The van der Waals surface area contributed by atoms with Gasteiger partial charge in [0.1, 0.15) is 0 Å². The molecule has 4 aromatic rings. The van der Waals surface area contributed by atoms with Crippen molar-refractivity contribution in [2.75, 3.05) is 60.7 Å². The highest BCUT2D eigenvalue weighted by Gasteiger charge is 2.32. The Morgan fingerprint density at radius 2 is 0.882 bits per heavy atom. The van der Waals surface area contributed by atoms with Gasteiger partial charge in [-0.3, -0.25) is 29.0 Å². The smallest absolute Gasteiger partial charge is 0.258 e. The van der Waals surface area contributed by atoms with Gasteiger partial charge in [-0.05, 0) is 75.5 Å². The van der Waals surface area contributed by atoms with Crippen LogP contribution in [0.4, 0.5) is 34.1 Å². The first-order chi connectivity index (χ1) is 24.3. The van der Waals surface area contributed by atoms with Gasteiger partial charge in [0.15, 0.2) is 0 Å². The van der Waals surface area contributed by atoms with Gasteiger partial charge in [-0.25, -0.2) is 0 Å². The summed E-state index contributed by atoms with van der Waals surface area (Å²) < 4.78 is 0. The SMILES string of the molecule is CN1CC=C(C(=O)N2c3ccccc3NC(=O)c3ccccc32)CC1.CN1CC=C(C(=O)N2c3ccccc3NC(=O)c3ccccc32)CC1.O. The second-order valence-corrected chi connectivity index (χ2v) is 12.7. The molecule has 4 aliphatic rings. The van der Waals surface area contributed by atoms with E-state index in [2.05, 4.69) is 20.4 Å². The van der Waals surface area contributed by atoms with Gasteiger partial charge in [-0.15, -0.1) is 0 Å². The zero-order valence-electron chi connectivity index (χ0n) is 28.6. The number of amides is 4. The van der Waals surface area contributed by atoms with Crippen molar-refractivity contribution in [1.82, 2.24) is 9.80 Å². The zero-order chi connectivity index (χ0) is 34.8. The lowest BCUT2D eigenvalue weighted by molar-refractivity contribution is -0.115. The van der Waals surface area contributed by atoms with Crippen LogP contribution in [0, 0.1) is 0 Å². The van der Waals surface area contributed by atoms with Crippen LogP contribution >= 0.6 is 0 Å². The Bertz CT molecular complexity index is 1930. The lowest BCUT2D eigenvalue weighted by Gasteiger charge is -2.28. The normalized spacial score (nSPS) is 16.7. The van der Waals surface area contributed by atoms with Crippen LogP contribution in [0.5, 0.6) is 0 Å². The molecule has 0 atom stereocenters. The average Bonchev–Trinajstić information content (AvgIpc) is 3.35. The van der Waals surface area contributed by atoms with E-state index in [1.165, 1.54) is 0 Å². The van der Waals surface area contributed by atoms with Crippen LogP contribution in [0.3, 0.4) is 0 Å². The number of benzene rings is 4. The Hall–Kier alpha value is -5.88. The Kier molecular flexibility index (Phi) is 10.2. The van der Waals surface area contributed by atoms with Crippen LogP contribution < -0.4 is 20.4 Å². The topological polar surface area (TPSA) is 137 Å². The lowest BCUT2D eigenvalue weighted by Crippen LogP contribution is -2.33. The molecule has 0 spiro atoms. The fraction of sp³-hybridized carbons (Fsp3) is 0.200. The maximum Gasteiger partial charge on any atom is 0.258 e. The number of hydrogen-bond acceptors (Lipinski definition) is 6. The van der Waals surface area contributed by atoms with Crippen LogP contribution in [-0.4, -0.2) is 79.2 Å².